The van der Waals surface area contributed by atoms with Crippen molar-refractivity contribution in [3.8, 4) is 23.1 Å². The molecule has 0 fully saturated rings. The van der Waals surface area contributed by atoms with Gasteiger partial charge < -0.3 is 4.74 Å². The number of hydrogen-bond acceptors (Lipinski definition) is 3. The van der Waals surface area contributed by atoms with Gasteiger partial charge in [0.25, 0.3) is 0 Å². The molecule has 0 aliphatic carbocycles. The first kappa shape index (κ1) is 13.1. The van der Waals surface area contributed by atoms with Gasteiger partial charge >= 0.3 is 0 Å². The Kier molecular flexibility index (Phi) is 3.52. The van der Waals surface area contributed by atoms with E-state index in [4.69, 9.17) is 10.00 Å². The Bertz CT molecular complexity index is 609. The zero-order valence-electron chi connectivity index (χ0n) is 11.3. The van der Waals surface area contributed by atoms with Crippen LogP contribution in [-0.2, 0) is 5.41 Å². The van der Waals surface area contributed by atoms with Crippen molar-refractivity contribution in [1.82, 2.24) is 4.98 Å². The number of ether oxygens (including phenoxy) is 1. The molecule has 0 saturated carbocycles. The van der Waals surface area contributed by atoms with Gasteiger partial charge in [-0.3, -0.25) is 4.98 Å². The van der Waals surface area contributed by atoms with Crippen LogP contribution in [-0.4, -0.2) is 12.1 Å². The summed E-state index contributed by atoms with van der Waals surface area (Å²) in [6, 6.07) is 13.9. The van der Waals surface area contributed by atoms with E-state index in [9.17, 15) is 0 Å². The van der Waals surface area contributed by atoms with E-state index in [1.807, 2.05) is 50.2 Å². The second-order valence-corrected chi connectivity index (χ2v) is 4.90. The van der Waals surface area contributed by atoms with Crippen molar-refractivity contribution in [2.45, 2.75) is 19.3 Å². The molecule has 0 bridgehead atoms. The van der Waals surface area contributed by atoms with Gasteiger partial charge in [-0.15, -0.1) is 0 Å². The summed E-state index contributed by atoms with van der Waals surface area (Å²) >= 11 is 0. The van der Waals surface area contributed by atoms with Crippen LogP contribution in [0, 0.1) is 11.3 Å². The zero-order chi connectivity index (χ0) is 13.9. The van der Waals surface area contributed by atoms with E-state index in [1.165, 1.54) is 0 Å². The highest BCUT2D eigenvalue weighted by molar-refractivity contribution is 5.61. The first-order valence-electron chi connectivity index (χ1n) is 6.09. The second kappa shape index (κ2) is 5.11. The predicted octanol–water partition coefficient (Wildman–Crippen LogP) is 3.56. The lowest BCUT2D eigenvalue weighted by Gasteiger charge is -2.15. The highest BCUT2D eigenvalue weighted by atomic mass is 16.5. The van der Waals surface area contributed by atoms with Crippen molar-refractivity contribution in [1.29, 1.82) is 5.26 Å². The molecule has 0 aliphatic heterocycles. The molecule has 3 heteroatoms. The molecule has 0 saturated heterocycles. The van der Waals surface area contributed by atoms with Crippen LogP contribution >= 0.6 is 0 Å². The third-order valence-corrected chi connectivity index (χ3v) is 3.15. The summed E-state index contributed by atoms with van der Waals surface area (Å²) in [4.78, 5) is 4.32. The van der Waals surface area contributed by atoms with Crippen molar-refractivity contribution in [3.63, 3.8) is 0 Å². The third-order valence-electron chi connectivity index (χ3n) is 3.15. The van der Waals surface area contributed by atoms with Crippen LogP contribution in [0.15, 0.2) is 42.6 Å². The minimum atomic E-state index is -0.472. The van der Waals surface area contributed by atoms with E-state index >= 15 is 0 Å². The van der Waals surface area contributed by atoms with Gasteiger partial charge in [0.2, 0.25) is 0 Å². The summed E-state index contributed by atoms with van der Waals surface area (Å²) in [7, 11) is 1.64. The molecular weight excluding hydrogens is 236 g/mol. The van der Waals surface area contributed by atoms with Crippen LogP contribution in [0.2, 0.25) is 0 Å². The molecule has 0 spiro atoms. The Labute approximate surface area is 113 Å². The lowest BCUT2D eigenvalue weighted by molar-refractivity contribution is 0.414. The van der Waals surface area contributed by atoms with E-state index in [-0.39, 0.29) is 0 Å². The van der Waals surface area contributed by atoms with E-state index in [0.717, 1.165) is 22.6 Å². The van der Waals surface area contributed by atoms with Gasteiger partial charge in [0.05, 0.1) is 24.3 Å². The lowest BCUT2D eigenvalue weighted by atomic mass is 9.86. The van der Waals surface area contributed by atoms with Gasteiger partial charge in [-0.2, -0.15) is 5.26 Å². The molecule has 1 aromatic heterocycles. The largest absolute Gasteiger partial charge is 0.497 e. The minimum Gasteiger partial charge on any atom is -0.497 e. The van der Waals surface area contributed by atoms with E-state index in [2.05, 4.69) is 11.1 Å². The van der Waals surface area contributed by atoms with Gasteiger partial charge in [0, 0.05) is 17.8 Å². The molecule has 1 aromatic carbocycles. The quantitative estimate of drug-likeness (QED) is 0.839. The molecular formula is C16H16N2O. The molecule has 0 aliphatic rings. The normalized spacial score (nSPS) is 10.8. The Hall–Kier alpha value is -2.34. The van der Waals surface area contributed by atoms with Crippen molar-refractivity contribution in [3.05, 3.63) is 48.2 Å². The maximum Gasteiger partial charge on any atom is 0.122 e. The summed E-state index contributed by atoms with van der Waals surface area (Å²) in [5.41, 5.74) is 2.40. The average Bonchev–Trinajstić information content (AvgIpc) is 2.47. The van der Waals surface area contributed by atoms with Gasteiger partial charge in [-0.05, 0) is 25.5 Å². The molecule has 2 rings (SSSR count). The van der Waals surface area contributed by atoms with Crippen LogP contribution in [0.3, 0.4) is 0 Å². The molecule has 19 heavy (non-hydrogen) atoms. The highest BCUT2D eigenvalue weighted by Gasteiger charge is 2.19. The molecule has 0 radical (unpaired) electrons. The Morgan fingerprint density at radius 3 is 2.42 bits per heavy atom. The van der Waals surface area contributed by atoms with E-state index < -0.39 is 5.41 Å². The van der Waals surface area contributed by atoms with E-state index in [1.54, 1.807) is 13.3 Å². The van der Waals surface area contributed by atoms with Gasteiger partial charge in [0.15, 0.2) is 0 Å². The number of hydrogen-bond donors (Lipinski definition) is 0. The van der Waals surface area contributed by atoms with E-state index in [0.29, 0.717) is 0 Å². The molecule has 1 heterocycles. The van der Waals surface area contributed by atoms with Crippen LogP contribution in [0.4, 0.5) is 0 Å². The van der Waals surface area contributed by atoms with Crippen LogP contribution in [0.25, 0.3) is 11.3 Å². The van der Waals surface area contributed by atoms with Gasteiger partial charge in [-0.25, -0.2) is 0 Å². The predicted molar refractivity (Wildman–Crippen MR) is 74.9 cm³/mol. The molecule has 0 unspecified atom stereocenters. The fourth-order valence-corrected chi connectivity index (χ4v) is 1.82. The first-order chi connectivity index (χ1) is 9.06. The third kappa shape index (κ3) is 2.74. The topological polar surface area (TPSA) is 45.9 Å². The number of benzene rings is 1. The molecule has 96 valence electrons. The summed E-state index contributed by atoms with van der Waals surface area (Å²) in [5, 5.41) is 9.12. The maximum atomic E-state index is 9.12. The minimum absolute atomic E-state index is 0.472. The van der Waals surface area contributed by atoms with Crippen molar-refractivity contribution in [2.75, 3.05) is 7.11 Å². The van der Waals surface area contributed by atoms with Crippen molar-refractivity contribution in [2.24, 2.45) is 0 Å². The lowest BCUT2D eigenvalue weighted by Crippen LogP contribution is -2.13. The average molecular weight is 252 g/mol. The van der Waals surface area contributed by atoms with Gasteiger partial charge in [-0.1, -0.05) is 24.3 Å². The summed E-state index contributed by atoms with van der Waals surface area (Å²) in [6.07, 6.45) is 1.72. The first-order valence-corrected chi connectivity index (χ1v) is 6.09. The summed E-state index contributed by atoms with van der Waals surface area (Å²) in [5.74, 6) is 0.784. The summed E-state index contributed by atoms with van der Waals surface area (Å²) < 4.78 is 5.19. The monoisotopic (exact) mass is 252 g/mol. The fraction of sp³-hybridized carbons (Fsp3) is 0.250. The smallest absolute Gasteiger partial charge is 0.122 e. The number of aromatic nitrogens is 1. The number of nitrogens with zero attached hydrogens (tertiary/aromatic N) is 2. The number of methoxy groups -OCH3 is 1. The number of rotatable bonds is 3. The molecule has 3 nitrogen and oxygen atoms in total. The van der Waals surface area contributed by atoms with Crippen LogP contribution < -0.4 is 4.74 Å². The molecule has 0 N–H and O–H groups in total. The second-order valence-electron chi connectivity index (χ2n) is 4.90. The standard InChI is InChI=1S/C16H16N2O/c1-16(2,11-17)13-6-4-12(5-7-13)15-10-14(19-3)8-9-18-15/h4-10H,1-3H3. The maximum absolute atomic E-state index is 9.12. The Balaban J connectivity index is 2.35. The Morgan fingerprint density at radius 1 is 1.16 bits per heavy atom. The number of pyridine rings is 1. The SMILES string of the molecule is COc1ccnc(-c2ccc(C(C)(C)C#N)cc2)c1. The van der Waals surface area contributed by atoms with Crippen molar-refractivity contribution < 1.29 is 4.74 Å². The number of nitriles is 1. The fourth-order valence-electron chi connectivity index (χ4n) is 1.82. The molecule has 2 aromatic rings. The molecule has 0 atom stereocenters. The Morgan fingerprint density at radius 2 is 1.84 bits per heavy atom. The summed E-state index contributed by atoms with van der Waals surface area (Å²) in [6.45, 7) is 3.82. The highest BCUT2D eigenvalue weighted by Crippen LogP contribution is 2.26. The van der Waals surface area contributed by atoms with Crippen molar-refractivity contribution >= 4 is 0 Å². The molecule has 0 amide bonds. The van der Waals surface area contributed by atoms with Crippen LogP contribution in [0.5, 0.6) is 5.75 Å². The zero-order valence-corrected chi connectivity index (χ0v) is 11.3. The van der Waals surface area contributed by atoms with Gasteiger partial charge in [0.1, 0.15) is 5.75 Å². The van der Waals surface area contributed by atoms with Crippen LogP contribution in [0.1, 0.15) is 19.4 Å².